The number of hydrogen-bond acceptors (Lipinski definition) is 5. The maximum Gasteiger partial charge on any atom is 0.233 e. The Balaban J connectivity index is 2.07. The topological polar surface area (TPSA) is 74.1 Å². The average molecular weight is 371 g/mol. The van der Waals surface area contributed by atoms with E-state index in [0.29, 0.717) is 21.8 Å². The van der Waals surface area contributed by atoms with Crippen LogP contribution >= 0.6 is 11.8 Å². The molecule has 0 aliphatic heterocycles. The monoisotopic (exact) mass is 371 g/mol. The summed E-state index contributed by atoms with van der Waals surface area (Å²) in [5.74, 6) is -0.671. The van der Waals surface area contributed by atoms with E-state index in [9.17, 15) is 19.2 Å². The molecule has 0 aliphatic carbocycles. The van der Waals surface area contributed by atoms with Gasteiger partial charge in [0.2, 0.25) is 5.91 Å². The molecule has 0 saturated carbocycles. The van der Waals surface area contributed by atoms with Crippen LogP contribution in [-0.4, -0.2) is 34.4 Å². The van der Waals surface area contributed by atoms with Crippen molar-refractivity contribution in [1.82, 2.24) is 9.88 Å². The summed E-state index contributed by atoms with van der Waals surface area (Å²) in [5.41, 5.74) is 1.61. The molecular formula is C19H18FN3O2S. The number of aryl methyl sites for hydroxylation is 1. The summed E-state index contributed by atoms with van der Waals surface area (Å²) in [5, 5.41) is 9.67. The Morgan fingerprint density at radius 2 is 2.04 bits per heavy atom. The van der Waals surface area contributed by atoms with Crippen LogP contribution in [-0.2, 0) is 11.3 Å². The van der Waals surface area contributed by atoms with Crippen molar-refractivity contribution in [3.63, 3.8) is 0 Å². The molecule has 1 heterocycles. The fraction of sp³-hybridized carbons (Fsp3) is 0.263. The molecule has 0 N–H and O–H groups in total. The van der Waals surface area contributed by atoms with Gasteiger partial charge in [-0.15, -0.1) is 0 Å². The minimum absolute atomic E-state index is 0.0610. The molecule has 7 heteroatoms. The number of pyridine rings is 1. The lowest BCUT2D eigenvalue weighted by molar-refractivity contribution is -0.127. The van der Waals surface area contributed by atoms with Crippen LogP contribution in [0.3, 0.4) is 0 Å². The van der Waals surface area contributed by atoms with Gasteiger partial charge in [0.25, 0.3) is 0 Å². The molecule has 0 fully saturated rings. The quantitative estimate of drug-likeness (QED) is 0.575. The number of nitriles is 1. The second-order valence-corrected chi connectivity index (χ2v) is 6.74. The normalized spacial score (nSPS) is 10.3. The highest BCUT2D eigenvalue weighted by molar-refractivity contribution is 7.99. The first-order valence-corrected chi connectivity index (χ1v) is 8.85. The predicted molar refractivity (Wildman–Crippen MR) is 97.3 cm³/mol. The van der Waals surface area contributed by atoms with Crippen molar-refractivity contribution in [2.24, 2.45) is 0 Å². The average Bonchev–Trinajstić information content (AvgIpc) is 2.61. The minimum Gasteiger partial charge on any atom is -0.341 e. The maximum atomic E-state index is 13.7. The minimum atomic E-state index is -0.358. The summed E-state index contributed by atoms with van der Waals surface area (Å²) < 4.78 is 13.7. The molecular weight excluding hydrogens is 353 g/mol. The molecule has 0 radical (unpaired) electrons. The van der Waals surface area contributed by atoms with Crippen molar-refractivity contribution in [2.75, 3.05) is 12.8 Å². The molecule has 0 aliphatic rings. The Morgan fingerprint density at radius 1 is 1.35 bits per heavy atom. The second kappa shape index (κ2) is 8.59. The summed E-state index contributed by atoms with van der Waals surface area (Å²) in [6.07, 6.45) is 0. The highest BCUT2D eigenvalue weighted by Crippen LogP contribution is 2.23. The van der Waals surface area contributed by atoms with Crippen molar-refractivity contribution in [3.8, 4) is 6.07 Å². The maximum absolute atomic E-state index is 13.7. The number of hydrogen-bond donors (Lipinski definition) is 0. The van der Waals surface area contributed by atoms with Crippen LogP contribution in [0.4, 0.5) is 4.39 Å². The van der Waals surface area contributed by atoms with Crippen LogP contribution < -0.4 is 0 Å². The highest BCUT2D eigenvalue weighted by Gasteiger charge is 2.16. The number of aromatic nitrogens is 1. The van der Waals surface area contributed by atoms with E-state index in [1.54, 1.807) is 32.2 Å². The van der Waals surface area contributed by atoms with Gasteiger partial charge in [-0.25, -0.2) is 9.37 Å². The Hall–Kier alpha value is -2.72. The van der Waals surface area contributed by atoms with Crippen molar-refractivity contribution in [2.45, 2.75) is 25.4 Å². The van der Waals surface area contributed by atoms with Crippen LogP contribution in [0, 0.1) is 24.1 Å². The number of carbonyl (C=O) groups excluding carboxylic acids is 2. The molecule has 2 aromatic rings. The molecule has 0 spiro atoms. The highest BCUT2D eigenvalue weighted by atomic mass is 32.2. The molecule has 26 heavy (non-hydrogen) atoms. The Morgan fingerprint density at radius 3 is 2.65 bits per heavy atom. The zero-order chi connectivity index (χ0) is 19.3. The molecule has 2 rings (SSSR count). The number of Topliss-reactive ketones (excluding diaryl/α,β-unsaturated/α-hetero) is 1. The largest absolute Gasteiger partial charge is 0.341 e. The van der Waals surface area contributed by atoms with Gasteiger partial charge in [0.15, 0.2) is 5.78 Å². The molecule has 0 unspecified atom stereocenters. The first kappa shape index (κ1) is 19.6. The lowest BCUT2D eigenvalue weighted by Crippen LogP contribution is -2.28. The lowest BCUT2D eigenvalue weighted by Gasteiger charge is -2.17. The number of rotatable bonds is 6. The third-order valence-electron chi connectivity index (χ3n) is 3.80. The number of thioether (sulfide) groups is 1. The van der Waals surface area contributed by atoms with E-state index in [0.717, 1.165) is 11.8 Å². The van der Waals surface area contributed by atoms with Gasteiger partial charge >= 0.3 is 0 Å². The zero-order valence-corrected chi connectivity index (χ0v) is 15.6. The summed E-state index contributed by atoms with van der Waals surface area (Å²) in [7, 11) is 1.60. The molecule has 5 nitrogen and oxygen atoms in total. The van der Waals surface area contributed by atoms with Gasteiger partial charge in [0, 0.05) is 30.4 Å². The SMILES string of the molecule is CC(=O)c1cc(C#N)c(SCC(=O)N(C)Cc2ccccc2F)nc1C. The van der Waals surface area contributed by atoms with Crippen molar-refractivity contribution >= 4 is 23.5 Å². The van der Waals surface area contributed by atoms with Gasteiger partial charge in [0.05, 0.1) is 11.3 Å². The van der Waals surface area contributed by atoms with Gasteiger partial charge in [0.1, 0.15) is 16.9 Å². The summed E-state index contributed by atoms with van der Waals surface area (Å²) in [6.45, 7) is 3.26. The van der Waals surface area contributed by atoms with E-state index < -0.39 is 0 Å². The van der Waals surface area contributed by atoms with Crippen molar-refractivity contribution in [1.29, 1.82) is 5.26 Å². The van der Waals surface area contributed by atoms with E-state index >= 15 is 0 Å². The smallest absolute Gasteiger partial charge is 0.233 e. The number of nitrogens with zero attached hydrogens (tertiary/aromatic N) is 3. The number of halogens is 1. The molecule has 0 saturated heterocycles. The van der Waals surface area contributed by atoms with Gasteiger partial charge in [-0.1, -0.05) is 30.0 Å². The van der Waals surface area contributed by atoms with Gasteiger partial charge in [-0.05, 0) is 26.0 Å². The summed E-state index contributed by atoms with van der Waals surface area (Å²) in [6, 6.07) is 9.80. The van der Waals surface area contributed by atoms with Crippen LogP contribution in [0.25, 0.3) is 0 Å². The molecule has 1 aromatic carbocycles. The first-order chi connectivity index (χ1) is 12.3. The molecule has 134 valence electrons. The van der Waals surface area contributed by atoms with Crippen molar-refractivity contribution < 1.29 is 14.0 Å². The van der Waals surface area contributed by atoms with Crippen LogP contribution in [0.1, 0.15) is 34.1 Å². The first-order valence-electron chi connectivity index (χ1n) is 7.86. The number of amides is 1. The Kier molecular flexibility index (Phi) is 6.47. The zero-order valence-electron chi connectivity index (χ0n) is 14.7. The third-order valence-corrected chi connectivity index (χ3v) is 4.78. The van der Waals surface area contributed by atoms with E-state index in [1.165, 1.54) is 24.0 Å². The standard InChI is InChI=1S/C19H18FN3O2S/c1-12-16(13(2)24)8-15(9-21)19(22-12)26-11-18(25)23(3)10-14-6-4-5-7-17(14)20/h4-8H,10-11H2,1-3H3. The van der Waals surface area contributed by atoms with Gasteiger partial charge in [-0.3, -0.25) is 9.59 Å². The number of carbonyl (C=O) groups is 2. The summed E-state index contributed by atoms with van der Waals surface area (Å²) in [4.78, 5) is 29.6. The second-order valence-electron chi connectivity index (χ2n) is 5.77. The third kappa shape index (κ3) is 4.67. The lowest BCUT2D eigenvalue weighted by atomic mass is 10.1. The van der Waals surface area contributed by atoms with E-state index in [-0.39, 0.29) is 35.4 Å². The van der Waals surface area contributed by atoms with Gasteiger partial charge < -0.3 is 4.90 Å². The fourth-order valence-electron chi connectivity index (χ4n) is 2.34. The number of benzene rings is 1. The van der Waals surface area contributed by atoms with Crippen LogP contribution in [0.15, 0.2) is 35.4 Å². The van der Waals surface area contributed by atoms with E-state index in [1.807, 2.05) is 6.07 Å². The molecule has 0 atom stereocenters. The van der Waals surface area contributed by atoms with E-state index in [4.69, 9.17) is 0 Å². The Labute approximate surface area is 155 Å². The van der Waals surface area contributed by atoms with E-state index in [2.05, 4.69) is 4.98 Å². The molecule has 1 aromatic heterocycles. The van der Waals surface area contributed by atoms with Crippen LogP contribution in [0.5, 0.6) is 0 Å². The number of ketones is 1. The van der Waals surface area contributed by atoms with Crippen molar-refractivity contribution in [3.05, 3.63) is 58.5 Å². The van der Waals surface area contributed by atoms with Crippen LogP contribution in [0.2, 0.25) is 0 Å². The fourth-order valence-corrected chi connectivity index (χ4v) is 3.28. The summed E-state index contributed by atoms with van der Waals surface area (Å²) >= 11 is 1.13. The molecule has 0 bridgehead atoms. The predicted octanol–water partition coefficient (Wildman–Crippen LogP) is 3.35. The Bertz CT molecular complexity index is 893. The van der Waals surface area contributed by atoms with Gasteiger partial charge in [-0.2, -0.15) is 5.26 Å². The molecule has 1 amide bonds.